The van der Waals surface area contributed by atoms with E-state index in [1.807, 2.05) is 30.3 Å². The Balaban J connectivity index is 1.69. The van der Waals surface area contributed by atoms with Crippen molar-refractivity contribution in [3.63, 3.8) is 0 Å². The number of phenols is 1. The first-order valence-corrected chi connectivity index (χ1v) is 10.5. The summed E-state index contributed by atoms with van der Waals surface area (Å²) in [5.74, 6) is -6.31. The number of aromatic hydroxyl groups is 1. The van der Waals surface area contributed by atoms with Crippen molar-refractivity contribution in [2.24, 2.45) is 17.6 Å². The second-order valence-corrected chi connectivity index (χ2v) is 8.76. The number of benzene rings is 2. The minimum Gasteiger partial charge on any atom is -0.511 e. The van der Waals surface area contributed by atoms with E-state index in [0.29, 0.717) is 5.56 Å². The molecule has 5 rings (SSSR count). The van der Waals surface area contributed by atoms with Crippen molar-refractivity contribution in [1.82, 2.24) is 0 Å². The van der Waals surface area contributed by atoms with Gasteiger partial charge in [0.1, 0.15) is 22.8 Å². The molecule has 1 amide bonds. The summed E-state index contributed by atoms with van der Waals surface area (Å²) in [6.07, 6.45) is 0.126. The first kappa shape index (κ1) is 21.0. The molecular weight excluding hydrogens is 426 g/mol. The quantitative estimate of drug-likeness (QED) is 0.442. The fourth-order valence-corrected chi connectivity index (χ4v) is 5.51. The Hall–Kier alpha value is -3.91. The van der Waals surface area contributed by atoms with Crippen molar-refractivity contribution in [2.75, 3.05) is 0 Å². The summed E-state index contributed by atoms with van der Waals surface area (Å²) in [6.45, 7) is 0. The minimum absolute atomic E-state index is 0.00738. The Kier molecular flexibility index (Phi) is 4.48. The van der Waals surface area contributed by atoms with Gasteiger partial charge in [0.05, 0.1) is 5.56 Å². The van der Waals surface area contributed by atoms with E-state index in [-0.39, 0.29) is 36.1 Å². The summed E-state index contributed by atoms with van der Waals surface area (Å²) in [6, 6.07) is 12.5. The molecule has 0 heterocycles. The number of allylic oxidation sites excluding steroid dienone is 2. The summed E-state index contributed by atoms with van der Waals surface area (Å²) >= 11 is 0. The Morgan fingerprint density at radius 1 is 1.00 bits per heavy atom. The predicted octanol–water partition coefficient (Wildman–Crippen LogP) is 2.25. The number of aliphatic hydroxyl groups is 3. The van der Waals surface area contributed by atoms with Gasteiger partial charge < -0.3 is 26.2 Å². The van der Waals surface area contributed by atoms with Gasteiger partial charge in [0.2, 0.25) is 5.78 Å². The molecule has 0 aromatic heterocycles. The zero-order valence-electron chi connectivity index (χ0n) is 17.4. The van der Waals surface area contributed by atoms with Crippen LogP contribution in [-0.4, -0.2) is 43.5 Å². The number of carbonyl (C=O) groups excluding carboxylic acids is 3. The van der Waals surface area contributed by atoms with Crippen molar-refractivity contribution < 1.29 is 34.8 Å². The molecule has 3 aliphatic rings. The summed E-state index contributed by atoms with van der Waals surface area (Å²) in [5, 5.41) is 43.0. The highest BCUT2D eigenvalue weighted by atomic mass is 16.3. The molecule has 3 atom stereocenters. The highest BCUT2D eigenvalue weighted by Crippen LogP contribution is 2.52. The molecule has 0 bridgehead atoms. The lowest BCUT2D eigenvalue weighted by atomic mass is 9.60. The molecule has 3 aliphatic carbocycles. The lowest BCUT2D eigenvalue weighted by Gasteiger charge is -2.45. The third-order valence-corrected chi connectivity index (χ3v) is 7.03. The maximum atomic E-state index is 13.5. The maximum absolute atomic E-state index is 13.5. The zero-order chi connectivity index (χ0) is 23.7. The van der Waals surface area contributed by atoms with Gasteiger partial charge in [-0.15, -0.1) is 0 Å². The topological polar surface area (TPSA) is 158 Å². The number of fused-ring (bicyclic) bond motifs is 3. The van der Waals surface area contributed by atoms with Gasteiger partial charge >= 0.3 is 0 Å². The second-order valence-electron chi connectivity index (χ2n) is 8.76. The first-order valence-electron chi connectivity index (χ1n) is 10.5. The molecule has 0 spiro atoms. The average Bonchev–Trinajstić information content (AvgIpc) is 2.76. The fourth-order valence-electron chi connectivity index (χ4n) is 5.51. The molecule has 0 saturated carbocycles. The van der Waals surface area contributed by atoms with Gasteiger partial charge in [-0.25, -0.2) is 0 Å². The van der Waals surface area contributed by atoms with E-state index in [1.165, 1.54) is 6.07 Å². The van der Waals surface area contributed by atoms with Crippen LogP contribution in [0, 0.1) is 11.8 Å². The molecule has 33 heavy (non-hydrogen) atoms. The Morgan fingerprint density at radius 3 is 2.36 bits per heavy atom. The van der Waals surface area contributed by atoms with E-state index in [4.69, 9.17) is 5.73 Å². The number of nitrogens with two attached hydrogens (primary N) is 1. The number of rotatable bonds is 2. The second kappa shape index (κ2) is 7.05. The first-order chi connectivity index (χ1) is 15.7. The average molecular weight is 447 g/mol. The van der Waals surface area contributed by atoms with Crippen molar-refractivity contribution in [3.05, 3.63) is 76.3 Å². The number of Topliss-reactive ketones (excluding diaryl/α,β-unsaturated/α-hetero) is 2. The molecule has 0 saturated heterocycles. The van der Waals surface area contributed by atoms with Crippen LogP contribution < -0.4 is 5.73 Å². The normalized spacial score (nSPS) is 26.6. The maximum Gasteiger partial charge on any atom is 0.255 e. The van der Waals surface area contributed by atoms with E-state index < -0.39 is 52.0 Å². The zero-order valence-corrected chi connectivity index (χ0v) is 17.4. The van der Waals surface area contributed by atoms with Crippen molar-refractivity contribution in [3.8, 4) is 16.9 Å². The smallest absolute Gasteiger partial charge is 0.255 e. The van der Waals surface area contributed by atoms with Gasteiger partial charge in [-0.2, -0.15) is 0 Å². The molecule has 168 valence electrons. The van der Waals surface area contributed by atoms with Gasteiger partial charge in [0.15, 0.2) is 11.4 Å². The number of primary amides is 1. The molecular formula is C25H21NO7. The van der Waals surface area contributed by atoms with E-state index in [1.54, 1.807) is 6.07 Å². The Morgan fingerprint density at radius 2 is 1.70 bits per heavy atom. The van der Waals surface area contributed by atoms with Gasteiger partial charge in [0, 0.05) is 17.9 Å². The van der Waals surface area contributed by atoms with Crippen LogP contribution in [0.5, 0.6) is 5.75 Å². The predicted molar refractivity (Wildman–Crippen MR) is 116 cm³/mol. The van der Waals surface area contributed by atoms with Gasteiger partial charge in [-0.3, -0.25) is 14.4 Å². The summed E-state index contributed by atoms with van der Waals surface area (Å²) in [7, 11) is 0. The lowest BCUT2D eigenvalue weighted by molar-refractivity contribution is -0.144. The third-order valence-electron chi connectivity index (χ3n) is 7.03. The number of hydrogen-bond donors (Lipinski definition) is 5. The van der Waals surface area contributed by atoms with Gasteiger partial charge in [-0.05, 0) is 41.5 Å². The summed E-state index contributed by atoms with van der Waals surface area (Å²) < 4.78 is 0. The Bertz CT molecular complexity index is 1310. The third kappa shape index (κ3) is 2.77. The molecule has 0 aliphatic heterocycles. The van der Waals surface area contributed by atoms with Crippen LogP contribution in [0.1, 0.15) is 28.8 Å². The van der Waals surface area contributed by atoms with Crippen molar-refractivity contribution in [1.29, 1.82) is 0 Å². The molecule has 6 N–H and O–H groups in total. The SMILES string of the molecule is NC(=O)C1=C(O)C[C@@H]2C[C@@H]3Cc4c(-c5ccccc5)ccc(O)c4C(=O)C3=C(O)[C@]2(O)C1=O. The number of hydrogen-bond acceptors (Lipinski definition) is 7. The van der Waals surface area contributed by atoms with Crippen LogP contribution >= 0.6 is 0 Å². The minimum atomic E-state index is -2.55. The van der Waals surface area contributed by atoms with Crippen molar-refractivity contribution in [2.45, 2.75) is 24.9 Å². The monoisotopic (exact) mass is 447 g/mol. The highest BCUT2D eigenvalue weighted by molar-refractivity contribution is 6.24. The highest BCUT2D eigenvalue weighted by Gasteiger charge is 2.59. The number of carbonyl (C=O) groups is 3. The largest absolute Gasteiger partial charge is 0.511 e. The fraction of sp³-hybridized carbons (Fsp3) is 0.240. The van der Waals surface area contributed by atoms with Crippen molar-refractivity contribution >= 4 is 17.5 Å². The van der Waals surface area contributed by atoms with E-state index in [0.717, 1.165) is 11.1 Å². The number of ketones is 2. The standard InChI is InChI=1S/C25H21NO7/c26-24(32)20-17(28)10-13-8-12-9-15-14(11-4-2-1-3-5-11)6-7-16(27)19(15)21(29)18(12)22(30)25(13,33)23(20)31/h1-7,12-13,27-28,30,33H,8-10H2,(H2,26,32)/t12-,13+,25+/m1/s1. The molecule has 0 fully saturated rings. The van der Waals surface area contributed by atoms with Crippen LogP contribution in [0.15, 0.2) is 65.1 Å². The molecule has 8 nitrogen and oxygen atoms in total. The molecule has 0 radical (unpaired) electrons. The number of amides is 1. The van der Waals surface area contributed by atoms with E-state index >= 15 is 0 Å². The molecule has 2 aromatic carbocycles. The van der Waals surface area contributed by atoms with Crippen LogP contribution in [0.2, 0.25) is 0 Å². The van der Waals surface area contributed by atoms with Gasteiger partial charge in [-0.1, -0.05) is 36.4 Å². The molecule has 0 unspecified atom stereocenters. The Labute approximate surface area is 188 Å². The van der Waals surface area contributed by atoms with E-state index in [2.05, 4.69) is 0 Å². The summed E-state index contributed by atoms with van der Waals surface area (Å²) in [4.78, 5) is 38.2. The number of aliphatic hydroxyl groups excluding tert-OH is 2. The van der Waals surface area contributed by atoms with Crippen LogP contribution in [0.25, 0.3) is 11.1 Å². The van der Waals surface area contributed by atoms with E-state index in [9.17, 15) is 34.8 Å². The summed E-state index contributed by atoms with van der Waals surface area (Å²) in [5.41, 5.74) is 3.93. The lowest BCUT2D eigenvalue weighted by Crippen LogP contribution is -2.57. The molecule has 2 aromatic rings. The van der Waals surface area contributed by atoms with Crippen LogP contribution in [0.4, 0.5) is 0 Å². The van der Waals surface area contributed by atoms with Crippen LogP contribution in [-0.2, 0) is 16.0 Å². The van der Waals surface area contributed by atoms with Gasteiger partial charge in [0.25, 0.3) is 5.91 Å². The molecule has 8 heteroatoms. The van der Waals surface area contributed by atoms with Crippen LogP contribution in [0.3, 0.4) is 0 Å². The number of phenolic OH excluding ortho intramolecular Hbond substituents is 1.